The molecule has 2 aliphatic heterocycles. The highest BCUT2D eigenvalue weighted by Crippen LogP contribution is 2.52. The molecule has 1 saturated carbocycles. The van der Waals surface area contributed by atoms with Gasteiger partial charge in [0.1, 0.15) is 6.04 Å². The topological polar surface area (TPSA) is 85.4 Å². The second-order valence-electron chi connectivity index (χ2n) is 8.54. The standard InChI is InChI=1S/C21H26N2O4/c1-27-21(25)19-15-10-17-20-14(13-4-2-3-5-16(13)22-20)8-9-23(17,26)11-12(15)6-7-18(19)24/h2-5,12,15,17-19,22,24H,6-11H2,1H3/t12-,15-,17-,18+,19+,23?/m0/s1. The molecule has 1 unspecified atom stereocenters. The lowest BCUT2D eigenvalue weighted by atomic mass is 9.64. The number of aliphatic hydroxyl groups excluding tert-OH is 1. The van der Waals surface area contributed by atoms with Crippen LogP contribution in [0, 0.1) is 23.0 Å². The van der Waals surface area contributed by atoms with Crippen LogP contribution in [0.15, 0.2) is 24.3 Å². The van der Waals surface area contributed by atoms with Gasteiger partial charge in [0, 0.05) is 29.7 Å². The molecule has 6 nitrogen and oxygen atoms in total. The number of aromatic amines is 1. The lowest BCUT2D eigenvalue weighted by Crippen LogP contribution is -2.60. The molecule has 27 heavy (non-hydrogen) atoms. The number of hydrogen-bond acceptors (Lipinski definition) is 4. The number of methoxy groups -OCH3 is 1. The number of fused-ring (bicyclic) bond motifs is 6. The first-order valence-electron chi connectivity index (χ1n) is 9.95. The molecular formula is C21H26N2O4. The van der Waals surface area contributed by atoms with Gasteiger partial charge in [-0.2, -0.15) is 0 Å². The number of aromatic nitrogens is 1. The molecule has 2 aromatic rings. The Bertz CT molecular complexity index is 893. The molecule has 2 fully saturated rings. The van der Waals surface area contributed by atoms with Gasteiger partial charge in [-0.1, -0.05) is 18.2 Å². The fourth-order valence-corrected chi connectivity index (χ4v) is 6.04. The molecule has 0 spiro atoms. The number of piperidine rings is 1. The molecule has 3 heterocycles. The molecule has 0 radical (unpaired) electrons. The molecule has 5 rings (SSSR count). The average molecular weight is 370 g/mol. The molecule has 1 aromatic carbocycles. The fourth-order valence-electron chi connectivity index (χ4n) is 6.04. The van der Waals surface area contributed by atoms with Gasteiger partial charge in [-0.25, -0.2) is 0 Å². The second kappa shape index (κ2) is 6.06. The van der Waals surface area contributed by atoms with E-state index in [4.69, 9.17) is 4.74 Å². The number of H-pyrrole nitrogens is 1. The van der Waals surface area contributed by atoms with Crippen LogP contribution in [0.2, 0.25) is 0 Å². The first-order chi connectivity index (χ1) is 13.0. The van der Waals surface area contributed by atoms with E-state index in [0.717, 1.165) is 24.1 Å². The van der Waals surface area contributed by atoms with Gasteiger partial charge in [-0.15, -0.1) is 0 Å². The lowest BCUT2D eigenvalue weighted by Gasteiger charge is -2.59. The van der Waals surface area contributed by atoms with E-state index in [1.54, 1.807) is 0 Å². The monoisotopic (exact) mass is 370 g/mol. The first-order valence-corrected chi connectivity index (χ1v) is 9.95. The molecule has 6 heteroatoms. The third-order valence-corrected chi connectivity index (χ3v) is 7.32. The van der Waals surface area contributed by atoms with Crippen LogP contribution in [0.1, 0.15) is 36.6 Å². The van der Waals surface area contributed by atoms with E-state index in [2.05, 4.69) is 17.1 Å². The third-order valence-electron chi connectivity index (χ3n) is 7.32. The molecule has 2 N–H and O–H groups in total. The van der Waals surface area contributed by atoms with E-state index in [0.29, 0.717) is 25.9 Å². The summed E-state index contributed by atoms with van der Waals surface area (Å²) in [7, 11) is 1.38. The largest absolute Gasteiger partial charge is 0.632 e. The van der Waals surface area contributed by atoms with Crippen LogP contribution >= 0.6 is 0 Å². The number of nitrogens with one attached hydrogen (secondary N) is 1. The first kappa shape index (κ1) is 17.2. The van der Waals surface area contributed by atoms with Crippen LogP contribution in [0.4, 0.5) is 0 Å². The fraction of sp³-hybridized carbons (Fsp3) is 0.571. The van der Waals surface area contributed by atoms with Crippen LogP contribution in [0.3, 0.4) is 0 Å². The highest BCUT2D eigenvalue weighted by molar-refractivity contribution is 5.85. The van der Waals surface area contributed by atoms with Gasteiger partial charge < -0.3 is 24.7 Å². The predicted molar refractivity (Wildman–Crippen MR) is 100 cm³/mol. The van der Waals surface area contributed by atoms with E-state index < -0.39 is 12.0 Å². The quantitative estimate of drug-likeness (QED) is 0.459. The Kier molecular flexibility index (Phi) is 3.86. The number of quaternary nitrogens is 1. The number of hydroxylamine groups is 3. The van der Waals surface area contributed by atoms with Crippen molar-refractivity contribution in [1.82, 2.24) is 4.98 Å². The van der Waals surface area contributed by atoms with Gasteiger partial charge in [0.2, 0.25) is 0 Å². The second-order valence-corrected chi connectivity index (χ2v) is 8.54. The van der Waals surface area contributed by atoms with Crippen molar-refractivity contribution in [3.8, 4) is 0 Å². The summed E-state index contributed by atoms with van der Waals surface area (Å²) in [4.78, 5) is 15.9. The highest BCUT2D eigenvalue weighted by Gasteiger charge is 2.53. The maximum Gasteiger partial charge on any atom is 0.311 e. The van der Waals surface area contributed by atoms with Gasteiger partial charge in [-0.3, -0.25) is 4.79 Å². The molecule has 1 aromatic heterocycles. The van der Waals surface area contributed by atoms with E-state index in [9.17, 15) is 15.1 Å². The molecule has 0 bridgehead atoms. The summed E-state index contributed by atoms with van der Waals surface area (Å²) in [5.74, 6) is -0.672. The van der Waals surface area contributed by atoms with Gasteiger partial charge in [0.15, 0.2) is 0 Å². The average Bonchev–Trinajstić information content (AvgIpc) is 3.05. The van der Waals surface area contributed by atoms with Crippen molar-refractivity contribution in [2.45, 2.75) is 37.8 Å². The summed E-state index contributed by atoms with van der Waals surface area (Å²) in [5, 5.41) is 25.5. The van der Waals surface area contributed by atoms with Crippen molar-refractivity contribution < 1.29 is 19.3 Å². The summed E-state index contributed by atoms with van der Waals surface area (Å²) in [6.45, 7) is 1.12. The van der Waals surface area contributed by atoms with Crippen LogP contribution in [0.25, 0.3) is 10.9 Å². The lowest BCUT2D eigenvalue weighted by molar-refractivity contribution is -0.924. The van der Waals surface area contributed by atoms with Crippen LogP contribution in [-0.2, 0) is 16.0 Å². The number of rotatable bonds is 1. The number of esters is 1. The number of carbonyl (C=O) groups excluding carboxylic acids is 1. The summed E-state index contributed by atoms with van der Waals surface area (Å²) in [5.41, 5.74) is 3.37. The van der Waals surface area contributed by atoms with Crippen molar-refractivity contribution in [1.29, 1.82) is 0 Å². The number of hydrogen-bond donors (Lipinski definition) is 2. The molecular weight excluding hydrogens is 344 g/mol. The Morgan fingerprint density at radius 2 is 2.15 bits per heavy atom. The zero-order valence-corrected chi connectivity index (χ0v) is 15.6. The van der Waals surface area contributed by atoms with Crippen molar-refractivity contribution in [3.63, 3.8) is 0 Å². The van der Waals surface area contributed by atoms with Crippen LogP contribution in [0.5, 0.6) is 0 Å². The minimum Gasteiger partial charge on any atom is -0.632 e. The summed E-state index contributed by atoms with van der Waals surface area (Å²) >= 11 is 0. The number of nitrogens with zero attached hydrogens (tertiary/aromatic N) is 1. The van der Waals surface area contributed by atoms with E-state index in [-0.39, 0.29) is 28.5 Å². The number of aliphatic hydroxyl groups is 1. The van der Waals surface area contributed by atoms with E-state index in [1.807, 2.05) is 12.1 Å². The Hall–Kier alpha value is -1.89. The number of para-hydroxylation sites is 1. The van der Waals surface area contributed by atoms with Gasteiger partial charge in [-0.05, 0) is 30.4 Å². The molecule has 1 aliphatic carbocycles. The molecule has 6 atom stereocenters. The number of benzene rings is 1. The van der Waals surface area contributed by atoms with E-state index in [1.165, 1.54) is 18.1 Å². The Labute approximate surface area is 158 Å². The molecule has 0 amide bonds. The van der Waals surface area contributed by atoms with Crippen LogP contribution in [-0.4, -0.2) is 47.0 Å². The Morgan fingerprint density at radius 3 is 2.96 bits per heavy atom. The predicted octanol–water partition coefficient (Wildman–Crippen LogP) is 2.66. The maximum atomic E-state index is 13.8. The maximum absolute atomic E-state index is 13.8. The molecule has 1 saturated heterocycles. The smallest absolute Gasteiger partial charge is 0.311 e. The summed E-state index contributed by atoms with van der Waals surface area (Å²) in [6, 6.07) is 8.01. The zero-order valence-electron chi connectivity index (χ0n) is 15.6. The van der Waals surface area contributed by atoms with Crippen LogP contribution < -0.4 is 0 Å². The van der Waals surface area contributed by atoms with Crippen molar-refractivity contribution in [2.75, 3.05) is 20.2 Å². The van der Waals surface area contributed by atoms with Crippen molar-refractivity contribution in [3.05, 3.63) is 40.7 Å². The zero-order chi connectivity index (χ0) is 18.8. The van der Waals surface area contributed by atoms with Crippen molar-refractivity contribution in [2.24, 2.45) is 17.8 Å². The summed E-state index contributed by atoms with van der Waals surface area (Å²) < 4.78 is 4.79. The number of carbonyl (C=O) groups is 1. The normalized spacial score (nSPS) is 38.0. The minimum atomic E-state index is -0.670. The number of ether oxygens (including phenoxy) is 1. The third kappa shape index (κ3) is 2.47. The van der Waals surface area contributed by atoms with Crippen molar-refractivity contribution >= 4 is 16.9 Å². The molecule has 3 aliphatic rings. The Morgan fingerprint density at radius 1 is 1.33 bits per heavy atom. The molecule has 144 valence electrons. The summed E-state index contributed by atoms with van der Waals surface area (Å²) in [6.07, 6.45) is 2.14. The SMILES string of the molecule is COC(=O)[C@@H]1[C@H]2C[C@H]3c4[nH]c5ccccc5c4CC[N+]3([O-])C[C@@H]2CC[C@H]1O. The van der Waals surface area contributed by atoms with Gasteiger partial charge in [0.25, 0.3) is 0 Å². The minimum absolute atomic E-state index is 0.00348. The van der Waals surface area contributed by atoms with E-state index >= 15 is 0 Å². The Balaban J connectivity index is 1.56. The highest BCUT2D eigenvalue weighted by atomic mass is 16.5. The van der Waals surface area contributed by atoms with Gasteiger partial charge >= 0.3 is 5.97 Å². The van der Waals surface area contributed by atoms with Gasteiger partial charge in [0.05, 0.1) is 37.9 Å².